The summed E-state index contributed by atoms with van der Waals surface area (Å²) in [6.07, 6.45) is -3.15. The Labute approximate surface area is 144 Å². The summed E-state index contributed by atoms with van der Waals surface area (Å²) in [7, 11) is 0. The standard InChI is InChI=1S/C15H13F4N3O2S/c16-11-6-10(22(23)24)3-4-12(11)21-5-1-2-9(7-21)14-20-13(8-25-14)15(17,18)19/h3-4,6,8-9H,1-2,5,7H2. The molecular formula is C15H13F4N3O2S. The smallest absolute Gasteiger partial charge is 0.368 e. The van der Waals surface area contributed by atoms with Crippen molar-refractivity contribution in [2.45, 2.75) is 24.9 Å². The maximum absolute atomic E-state index is 14.2. The predicted molar refractivity (Wildman–Crippen MR) is 84.4 cm³/mol. The van der Waals surface area contributed by atoms with Gasteiger partial charge in [-0.25, -0.2) is 9.37 Å². The molecule has 1 saturated heterocycles. The van der Waals surface area contributed by atoms with Crippen LogP contribution < -0.4 is 4.90 Å². The number of nitro benzene ring substituents is 1. The monoisotopic (exact) mass is 375 g/mol. The second-order valence-electron chi connectivity index (χ2n) is 5.75. The number of thiazole rings is 1. The van der Waals surface area contributed by atoms with Crippen LogP contribution in [0.15, 0.2) is 23.6 Å². The van der Waals surface area contributed by atoms with Gasteiger partial charge >= 0.3 is 6.18 Å². The molecule has 0 N–H and O–H groups in total. The molecule has 0 saturated carbocycles. The van der Waals surface area contributed by atoms with Crippen molar-refractivity contribution in [1.29, 1.82) is 0 Å². The highest BCUT2D eigenvalue weighted by Gasteiger charge is 2.35. The minimum Gasteiger partial charge on any atom is -0.368 e. The number of aromatic nitrogens is 1. The summed E-state index contributed by atoms with van der Waals surface area (Å²) in [5.74, 6) is -0.950. The Bertz CT molecular complexity index is 793. The lowest BCUT2D eigenvalue weighted by molar-refractivity contribution is -0.385. The van der Waals surface area contributed by atoms with Crippen LogP contribution in [-0.4, -0.2) is 23.0 Å². The van der Waals surface area contributed by atoms with E-state index in [-0.39, 0.29) is 17.3 Å². The van der Waals surface area contributed by atoms with Crippen LogP contribution in [0, 0.1) is 15.9 Å². The quantitative estimate of drug-likeness (QED) is 0.447. The summed E-state index contributed by atoms with van der Waals surface area (Å²) in [5, 5.41) is 12.0. The van der Waals surface area contributed by atoms with Crippen molar-refractivity contribution in [3.8, 4) is 0 Å². The second kappa shape index (κ2) is 6.58. The average Bonchev–Trinajstić information content (AvgIpc) is 3.05. The van der Waals surface area contributed by atoms with E-state index in [2.05, 4.69) is 4.98 Å². The number of piperidine rings is 1. The predicted octanol–water partition coefficient (Wildman–Crippen LogP) is 4.59. The van der Waals surface area contributed by atoms with Crippen molar-refractivity contribution in [3.63, 3.8) is 0 Å². The number of halogens is 4. The average molecular weight is 375 g/mol. The molecule has 1 unspecified atom stereocenters. The topological polar surface area (TPSA) is 59.3 Å². The highest BCUT2D eigenvalue weighted by atomic mass is 32.1. The lowest BCUT2D eigenvalue weighted by Gasteiger charge is -2.33. The molecule has 1 aliphatic heterocycles. The molecule has 3 rings (SSSR count). The van der Waals surface area contributed by atoms with Gasteiger partial charge in [0.1, 0.15) is 0 Å². The first-order valence-electron chi connectivity index (χ1n) is 7.47. The number of anilines is 1. The van der Waals surface area contributed by atoms with E-state index < -0.39 is 22.6 Å². The van der Waals surface area contributed by atoms with Crippen molar-refractivity contribution in [2.24, 2.45) is 0 Å². The molecule has 1 aromatic heterocycles. The molecule has 1 aliphatic rings. The molecule has 1 fully saturated rings. The van der Waals surface area contributed by atoms with E-state index in [4.69, 9.17) is 0 Å². The maximum atomic E-state index is 14.2. The van der Waals surface area contributed by atoms with Crippen molar-refractivity contribution >= 4 is 22.7 Å². The zero-order valence-corrected chi connectivity index (χ0v) is 13.6. The van der Waals surface area contributed by atoms with Gasteiger partial charge in [0, 0.05) is 30.5 Å². The Hall–Kier alpha value is -2.23. The van der Waals surface area contributed by atoms with Crippen molar-refractivity contribution in [1.82, 2.24) is 4.98 Å². The van der Waals surface area contributed by atoms with Crippen LogP contribution in [0.25, 0.3) is 0 Å². The summed E-state index contributed by atoms with van der Waals surface area (Å²) in [5.41, 5.74) is -1.04. The Morgan fingerprint density at radius 1 is 1.36 bits per heavy atom. The number of nitro groups is 1. The fourth-order valence-corrected chi connectivity index (χ4v) is 3.82. The van der Waals surface area contributed by atoms with Gasteiger partial charge in [0.2, 0.25) is 0 Å². The van der Waals surface area contributed by atoms with Crippen molar-refractivity contribution in [2.75, 3.05) is 18.0 Å². The van der Waals surface area contributed by atoms with Crippen molar-refractivity contribution in [3.05, 3.63) is 50.2 Å². The van der Waals surface area contributed by atoms with Crippen LogP contribution in [0.2, 0.25) is 0 Å². The zero-order valence-electron chi connectivity index (χ0n) is 12.8. The molecular weight excluding hydrogens is 362 g/mol. The summed E-state index contributed by atoms with van der Waals surface area (Å²) >= 11 is 0.950. The van der Waals surface area contributed by atoms with Crippen LogP contribution in [0.4, 0.5) is 28.9 Å². The second-order valence-corrected chi connectivity index (χ2v) is 6.64. The first kappa shape index (κ1) is 17.6. The van der Waals surface area contributed by atoms with Gasteiger partial charge in [0.25, 0.3) is 5.69 Å². The van der Waals surface area contributed by atoms with Gasteiger partial charge < -0.3 is 4.90 Å². The number of hydrogen-bond acceptors (Lipinski definition) is 5. The molecule has 0 radical (unpaired) electrons. The Morgan fingerprint density at radius 2 is 2.12 bits per heavy atom. The highest BCUT2D eigenvalue weighted by Crippen LogP contribution is 2.36. The van der Waals surface area contributed by atoms with E-state index in [0.717, 1.165) is 22.8 Å². The van der Waals surface area contributed by atoms with Gasteiger partial charge in [-0.1, -0.05) is 0 Å². The third kappa shape index (κ3) is 3.73. The molecule has 0 amide bonds. The molecule has 0 spiro atoms. The fraction of sp³-hybridized carbons (Fsp3) is 0.400. The first-order valence-corrected chi connectivity index (χ1v) is 8.35. The molecule has 1 aromatic carbocycles. The molecule has 5 nitrogen and oxygen atoms in total. The molecule has 1 atom stereocenters. The largest absolute Gasteiger partial charge is 0.434 e. The Kier molecular flexibility index (Phi) is 4.63. The molecule has 2 aromatic rings. The summed E-state index contributed by atoms with van der Waals surface area (Å²) in [6.45, 7) is 0.849. The lowest BCUT2D eigenvalue weighted by Crippen LogP contribution is -2.35. The van der Waals surface area contributed by atoms with Crippen LogP contribution in [0.5, 0.6) is 0 Å². The first-order chi connectivity index (χ1) is 11.8. The van der Waals surface area contributed by atoms with Crippen molar-refractivity contribution < 1.29 is 22.5 Å². The summed E-state index contributed by atoms with van der Waals surface area (Å²) < 4.78 is 52.3. The third-order valence-electron chi connectivity index (χ3n) is 4.07. The lowest BCUT2D eigenvalue weighted by atomic mass is 9.98. The molecule has 0 aliphatic carbocycles. The van der Waals surface area contributed by atoms with E-state index in [1.54, 1.807) is 4.90 Å². The van der Waals surface area contributed by atoms with Crippen LogP contribution >= 0.6 is 11.3 Å². The number of benzene rings is 1. The van der Waals surface area contributed by atoms with E-state index in [1.165, 1.54) is 12.1 Å². The maximum Gasteiger partial charge on any atom is 0.434 e. The van der Waals surface area contributed by atoms with Crippen LogP contribution in [0.1, 0.15) is 29.5 Å². The Morgan fingerprint density at radius 3 is 2.72 bits per heavy atom. The minimum absolute atomic E-state index is 0.211. The van der Waals surface area contributed by atoms with Crippen LogP contribution in [0.3, 0.4) is 0 Å². The number of hydrogen-bond donors (Lipinski definition) is 0. The van der Waals surface area contributed by atoms with Gasteiger partial charge in [-0.2, -0.15) is 13.2 Å². The molecule has 0 bridgehead atoms. The number of non-ortho nitro benzene ring substituents is 1. The minimum atomic E-state index is -4.48. The van der Waals surface area contributed by atoms with Gasteiger partial charge in [-0.05, 0) is 18.9 Å². The van der Waals surface area contributed by atoms with E-state index in [0.29, 0.717) is 30.9 Å². The van der Waals surface area contributed by atoms with E-state index in [9.17, 15) is 27.7 Å². The van der Waals surface area contributed by atoms with E-state index >= 15 is 0 Å². The number of nitrogens with zero attached hydrogens (tertiary/aromatic N) is 3. The number of rotatable bonds is 3. The molecule has 10 heteroatoms. The highest BCUT2D eigenvalue weighted by molar-refractivity contribution is 7.09. The third-order valence-corrected chi connectivity index (χ3v) is 5.07. The fourth-order valence-electron chi connectivity index (χ4n) is 2.87. The zero-order chi connectivity index (χ0) is 18.2. The summed E-state index contributed by atoms with van der Waals surface area (Å²) in [4.78, 5) is 15.4. The van der Waals surface area contributed by atoms with Gasteiger partial charge in [-0.3, -0.25) is 10.1 Å². The molecule has 2 heterocycles. The number of alkyl halides is 3. The van der Waals surface area contributed by atoms with Gasteiger partial charge in [0.05, 0.1) is 21.7 Å². The summed E-state index contributed by atoms with van der Waals surface area (Å²) in [6, 6.07) is 3.40. The van der Waals surface area contributed by atoms with E-state index in [1.807, 2.05) is 0 Å². The Balaban J connectivity index is 1.79. The normalized spacial score (nSPS) is 18.4. The van der Waals surface area contributed by atoms with Gasteiger partial charge in [-0.15, -0.1) is 11.3 Å². The SMILES string of the molecule is O=[N+]([O-])c1ccc(N2CCCC(c3nc(C(F)(F)F)cs3)C2)c(F)c1. The molecule has 25 heavy (non-hydrogen) atoms. The van der Waals surface area contributed by atoms with Crippen LogP contribution in [-0.2, 0) is 6.18 Å². The van der Waals surface area contributed by atoms with Gasteiger partial charge in [0.15, 0.2) is 11.5 Å². The molecule has 134 valence electrons.